The van der Waals surface area contributed by atoms with Crippen molar-refractivity contribution in [3.63, 3.8) is 0 Å². The maximum absolute atomic E-state index is 5.77. The third-order valence-electron chi connectivity index (χ3n) is 6.92. The molecule has 6 rings (SSSR count). The van der Waals surface area contributed by atoms with Crippen LogP contribution in [0.4, 0.5) is 11.4 Å². The zero-order chi connectivity index (χ0) is 29.8. The number of H-pyrrole nitrogens is 2. The van der Waals surface area contributed by atoms with E-state index in [0.717, 1.165) is 56.5 Å². The highest BCUT2D eigenvalue weighted by Crippen LogP contribution is 2.25. The van der Waals surface area contributed by atoms with Gasteiger partial charge in [0.25, 0.3) is 0 Å². The lowest BCUT2D eigenvalue weighted by Gasteiger charge is -2.11. The highest BCUT2D eigenvalue weighted by molar-refractivity contribution is 5.83. The molecule has 0 radical (unpaired) electrons. The number of rotatable bonds is 12. The van der Waals surface area contributed by atoms with Crippen molar-refractivity contribution >= 4 is 33.4 Å². The molecule has 43 heavy (non-hydrogen) atoms. The lowest BCUT2D eigenvalue weighted by Crippen LogP contribution is -2.12. The number of hydrogen-bond donors (Lipinski definition) is 2. The fourth-order valence-corrected chi connectivity index (χ4v) is 4.54. The SMILES string of the molecule is CN(C)c1ccc2[nH]c(-c3ccc(OCCOCCOc4ccc(-c5nc6cc(N(C)C)ccc6[nH]5)nc4)cn3)nc2c1. The molecular formula is C32H34N8O3. The maximum Gasteiger partial charge on any atom is 0.157 e. The number of hydrogen-bond acceptors (Lipinski definition) is 9. The number of imidazole rings is 2. The lowest BCUT2D eigenvalue weighted by molar-refractivity contribution is 0.0762. The van der Waals surface area contributed by atoms with Crippen LogP contribution in [-0.4, -0.2) is 84.5 Å². The molecule has 11 nitrogen and oxygen atoms in total. The van der Waals surface area contributed by atoms with Crippen LogP contribution in [0.25, 0.3) is 45.1 Å². The van der Waals surface area contributed by atoms with Crippen molar-refractivity contribution < 1.29 is 14.2 Å². The van der Waals surface area contributed by atoms with E-state index in [2.05, 4.69) is 64.0 Å². The van der Waals surface area contributed by atoms with E-state index in [1.54, 1.807) is 12.4 Å². The van der Waals surface area contributed by atoms with Gasteiger partial charge >= 0.3 is 0 Å². The van der Waals surface area contributed by atoms with Crippen LogP contribution in [0.5, 0.6) is 11.5 Å². The average molecular weight is 579 g/mol. The highest BCUT2D eigenvalue weighted by Gasteiger charge is 2.10. The van der Waals surface area contributed by atoms with Crippen molar-refractivity contribution in [2.24, 2.45) is 0 Å². The second kappa shape index (κ2) is 12.4. The number of anilines is 2. The number of aromatic nitrogens is 6. The van der Waals surface area contributed by atoms with Gasteiger partial charge in [0.1, 0.15) is 36.1 Å². The Kier molecular flexibility index (Phi) is 8.05. The van der Waals surface area contributed by atoms with Crippen LogP contribution in [0.3, 0.4) is 0 Å². The van der Waals surface area contributed by atoms with Crippen LogP contribution in [0.2, 0.25) is 0 Å². The molecule has 0 aliphatic rings. The fourth-order valence-electron chi connectivity index (χ4n) is 4.54. The summed E-state index contributed by atoms with van der Waals surface area (Å²) in [4.78, 5) is 29.1. The molecule has 220 valence electrons. The first-order chi connectivity index (χ1) is 20.9. The van der Waals surface area contributed by atoms with Gasteiger partial charge in [0.15, 0.2) is 11.6 Å². The van der Waals surface area contributed by atoms with Gasteiger partial charge in [-0.3, -0.25) is 0 Å². The van der Waals surface area contributed by atoms with Gasteiger partial charge in [-0.15, -0.1) is 0 Å². The van der Waals surface area contributed by atoms with Crippen molar-refractivity contribution in [2.45, 2.75) is 0 Å². The summed E-state index contributed by atoms with van der Waals surface area (Å²) in [6, 6.07) is 19.8. The molecule has 4 aromatic heterocycles. The van der Waals surface area contributed by atoms with Crippen LogP contribution >= 0.6 is 0 Å². The third-order valence-corrected chi connectivity index (χ3v) is 6.92. The van der Waals surface area contributed by atoms with E-state index in [-0.39, 0.29) is 0 Å². The van der Waals surface area contributed by atoms with Gasteiger partial charge in [-0.2, -0.15) is 0 Å². The Balaban J connectivity index is 0.917. The van der Waals surface area contributed by atoms with E-state index in [1.807, 2.05) is 64.6 Å². The quantitative estimate of drug-likeness (QED) is 0.190. The molecule has 0 saturated heterocycles. The number of pyridine rings is 2. The van der Waals surface area contributed by atoms with Crippen molar-refractivity contribution in [3.05, 3.63) is 73.1 Å². The molecule has 4 heterocycles. The zero-order valence-corrected chi connectivity index (χ0v) is 24.7. The first kappa shape index (κ1) is 28.0. The largest absolute Gasteiger partial charge is 0.490 e. The number of nitrogens with one attached hydrogen (secondary N) is 2. The minimum absolute atomic E-state index is 0.406. The van der Waals surface area contributed by atoms with Gasteiger partial charge in [0, 0.05) is 39.6 Å². The van der Waals surface area contributed by atoms with Crippen LogP contribution in [0.15, 0.2) is 73.1 Å². The van der Waals surface area contributed by atoms with E-state index in [9.17, 15) is 0 Å². The Hall–Kier alpha value is -5.16. The van der Waals surface area contributed by atoms with E-state index >= 15 is 0 Å². The third kappa shape index (κ3) is 6.52. The number of ether oxygens (including phenoxy) is 3. The summed E-state index contributed by atoms with van der Waals surface area (Å²) >= 11 is 0. The topological polar surface area (TPSA) is 117 Å². The number of fused-ring (bicyclic) bond motifs is 2. The molecule has 0 atom stereocenters. The van der Waals surface area contributed by atoms with Crippen molar-refractivity contribution in [2.75, 3.05) is 64.4 Å². The van der Waals surface area contributed by atoms with E-state index in [4.69, 9.17) is 14.2 Å². The standard InChI is InChI=1S/C32H34N8O3/c1-39(2)21-5-9-25-29(17-21)37-31(35-25)27-11-7-23(19-33-27)42-15-13-41-14-16-43-24-8-12-28(34-20-24)32-36-26-10-6-22(40(3)4)18-30(26)38-32/h5-12,17-20H,13-16H2,1-4H3,(H,35,37)(H,36,38). The average Bonchev–Trinajstić information content (AvgIpc) is 3.65. The molecule has 0 aliphatic carbocycles. The summed E-state index contributed by atoms with van der Waals surface area (Å²) in [5.41, 5.74) is 7.45. The van der Waals surface area contributed by atoms with Crippen molar-refractivity contribution in [3.8, 4) is 34.5 Å². The van der Waals surface area contributed by atoms with Gasteiger partial charge in [-0.05, 0) is 60.7 Å². The first-order valence-corrected chi connectivity index (χ1v) is 14.0. The van der Waals surface area contributed by atoms with Gasteiger partial charge in [-0.1, -0.05) is 0 Å². The van der Waals surface area contributed by atoms with Gasteiger partial charge < -0.3 is 34.0 Å². The Morgan fingerprint density at radius 2 is 1.05 bits per heavy atom. The lowest BCUT2D eigenvalue weighted by atomic mass is 10.2. The van der Waals surface area contributed by atoms with Crippen LogP contribution in [0.1, 0.15) is 0 Å². The molecule has 2 aromatic carbocycles. The Morgan fingerprint density at radius 3 is 1.44 bits per heavy atom. The molecule has 0 amide bonds. The van der Waals surface area contributed by atoms with Crippen LogP contribution in [-0.2, 0) is 4.74 Å². The number of nitrogens with zero attached hydrogens (tertiary/aromatic N) is 6. The van der Waals surface area contributed by atoms with Crippen LogP contribution in [0, 0.1) is 0 Å². The van der Waals surface area contributed by atoms with E-state index in [0.29, 0.717) is 37.9 Å². The summed E-state index contributed by atoms with van der Waals surface area (Å²) in [6.45, 7) is 1.68. The molecule has 11 heteroatoms. The predicted molar refractivity (Wildman–Crippen MR) is 169 cm³/mol. The van der Waals surface area contributed by atoms with Gasteiger partial charge in [0.05, 0.1) is 47.7 Å². The minimum Gasteiger partial charge on any atom is -0.490 e. The normalized spacial score (nSPS) is 11.3. The molecule has 0 aliphatic heterocycles. The number of benzene rings is 2. The maximum atomic E-state index is 5.77. The molecule has 0 spiro atoms. The smallest absolute Gasteiger partial charge is 0.157 e. The fraction of sp³-hybridized carbons (Fsp3) is 0.250. The first-order valence-electron chi connectivity index (χ1n) is 14.0. The van der Waals surface area contributed by atoms with Crippen molar-refractivity contribution in [1.82, 2.24) is 29.9 Å². The van der Waals surface area contributed by atoms with Crippen LogP contribution < -0.4 is 19.3 Å². The molecule has 0 saturated carbocycles. The Labute approximate surface area is 249 Å². The molecule has 2 N–H and O–H groups in total. The number of aromatic amines is 2. The molecule has 0 bridgehead atoms. The summed E-state index contributed by atoms with van der Waals surface area (Å²) in [6.07, 6.45) is 3.39. The second-order valence-electron chi connectivity index (χ2n) is 10.4. The molecule has 0 fully saturated rings. The molecule has 6 aromatic rings. The molecular weight excluding hydrogens is 544 g/mol. The Morgan fingerprint density at radius 1 is 0.581 bits per heavy atom. The monoisotopic (exact) mass is 578 g/mol. The summed E-state index contributed by atoms with van der Waals surface area (Å²) in [5, 5.41) is 0. The highest BCUT2D eigenvalue weighted by atomic mass is 16.5. The zero-order valence-electron chi connectivity index (χ0n) is 24.7. The Bertz CT molecular complexity index is 1680. The summed E-state index contributed by atoms with van der Waals surface area (Å²) in [5.74, 6) is 2.78. The predicted octanol–water partition coefficient (Wildman–Crippen LogP) is 5.17. The van der Waals surface area contributed by atoms with E-state index in [1.165, 1.54) is 0 Å². The van der Waals surface area contributed by atoms with Gasteiger partial charge in [0.2, 0.25) is 0 Å². The second-order valence-corrected chi connectivity index (χ2v) is 10.4. The molecule has 0 unspecified atom stereocenters. The van der Waals surface area contributed by atoms with Crippen molar-refractivity contribution in [1.29, 1.82) is 0 Å². The van der Waals surface area contributed by atoms with E-state index < -0.39 is 0 Å². The summed E-state index contributed by atoms with van der Waals surface area (Å²) < 4.78 is 17.2. The van der Waals surface area contributed by atoms with Gasteiger partial charge in [-0.25, -0.2) is 19.9 Å². The summed E-state index contributed by atoms with van der Waals surface area (Å²) in [7, 11) is 8.04. The minimum atomic E-state index is 0.406.